The molecule has 1 aromatic rings. The average Bonchev–Trinajstić information content (AvgIpc) is 2.92. The minimum atomic E-state index is -0.591. The highest BCUT2D eigenvalue weighted by Crippen LogP contribution is 2.23. The zero-order valence-corrected chi connectivity index (χ0v) is 14.6. The quantitative estimate of drug-likeness (QED) is 0.714. The van der Waals surface area contributed by atoms with Crippen LogP contribution in [0, 0.1) is 6.92 Å². The molecule has 3 atom stereocenters. The van der Waals surface area contributed by atoms with Crippen molar-refractivity contribution >= 4 is 17.9 Å². The fourth-order valence-corrected chi connectivity index (χ4v) is 3.00. The van der Waals surface area contributed by atoms with Gasteiger partial charge >= 0.3 is 6.03 Å². The van der Waals surface area contributed by atoms with E-state index in [2.05, 4.69) is 15.6 Å². The summed E-state index contributed by atoms with van der Waals surface area (Å²) in [6.07, 6.45) is -1.08. The molecule has 8 heteroatoms. The predicted molar refractivity (Wildman–Crippen MR) is 92.7 cm³/mol. The Morgan fingerprint density at radius 1 is 1.28 bits per heavy atom. The second kappa shape index (κ2) is 6.72. The third-order valence-corrected chi connectivity index (χ3v) is 4.40. The van der Waals surface area contributed by atoms with E-state index in [4.69, 9.17) is 0 Å². The summed E-state index contributed by atoms with van der Waals surface area (Å²) < 4.78 is 0. The first kappa shape index (κ1) is 17.2. The van der Waals surface area contributed by atoms with Gasteiger partial charge in [-0.1, -0.05) is 29.8 Å². The SMILES string of the molecule is Cc1ccc(CN2C(=NCC(C)O)NC3C2C(=O)NC(=O)N3C)cc1. The highest BCUT2D eigenvalue weighted by molar-refractivity contribution is 6.04. The van der Waals surface area contributed by atoms with E-state index >= 15 is 0 Å². The van der Waals surface area contributed by atoms with Crippen LogP contribution in [0.1, 0.15) is 18.1 Å². The van der Waals surface area contributed by atoms with Crippen molar-refractivity contribution in [2.75, 3.05) is 13.6 Å². The lowest BCUT2D eigenvalue weighted by Gasteiger charge is -2.35. The van der Waals surface area contributed by atoms with Crippen molar-refractivity contribution in [1.82, 2.24) is 20.4 Å². The van der Waals surface area contributed by atoms with Crippen LogP contribution in [0.3, 0.4) is 0 Å². The monoisotopic (exact) mass is 345 g/mol. The molecule has 0 aliphatic carbocycles. The third kappa shape index (κ3) is 3.43. The van der Waals surface area contributed by atoms with Gasteiger partial charge in [0.05, 0.1) is 12.6 Å². The van der Waals surface area contributed by atoms with Gasteiger partial charge in [0.2, 0.25) is 0 Å². The Kier molecular flexibility index (Phi) is 4.63. The molecule has 2 aliphatic heterocycles. The molecule has 0 aromatic heterocycles. The van der Waals surface area contributed by atoms with Crippen LogP contribution >= 0.6 is 0 Å². The molecular weight excluding hydrogens is 322 g/mol. The largest absolute Gasteiger partial charge is 0.391 e. The number of nitrogens with zero attached hydrogens (tertiary/aromatic N) is 3. The van der Waals surface area contributed by atoms with Crippen molar-refractivity contribution in [2.24, 2.45) is 4.99 Å². The number of urea groups is 1. The second-order valence-electron chi connectivity index (χ2n) is 6.57. The van der Waals surface area contributed by atoms with Crippen LogP contribution in [0.5, 0.6) is 0 Å². The van der Waals surface area contributed by atoms with Crippen molar-refractivity contribution in [3.63, 3.8) is 0 Å². The smallest absolute Gasteiger partial charge is 0.325 e. The lowest BCUT2D eigenvalue weighted by Crippen LogP contribution is -2.64. The summed E-state index contributed by atoms with van der Waals surface area (Å²) in [4.78, 5) is 32.0. The number of aryl methyl sites for hydroxylation is 1. The van der Waals surface area contributed by atoms with Crippen LogP contribution in [0.4, 0.5) is 4.79 Å². The third-order valence-electron chi connectivity index (χ3n) is 4.40. The molecule has 3 N–H and O–H groups in total. The summed E-state index contributed by atoms with van der Waals surface area (Å²) in [5.41, 5.74) is 2.19. The fourth-order valence-electron chi connectivity index (χ4n) is 3.00. The van der Waals surface area contributed by atoms with Gasteiger partial charge in [0.15, 0.2) is 12.0 Å². The topological polar surface area (TPSA) is 97.3 Å². The number of fused-ring (bicyclic) bond motifs is 1. The molecule has 2 saturated heterocycles. The normalized spacial score (nSPS) is 25.7. The lowest BCUT2D eigenvalue weighted by molar-refractivity contribution is -0.127. The van der Waals surface area contributed by atoms with E-state index in [-0.39, 0.29) is 12.5 Å². The van der Waals surface area contributed by atoms with E-state index in [1.165, 1.54) is 4.90 Å². The van der Waals surface area contributed by atoms with Gasteiger partial charge in [-0.15, -0.1) is 0 Å². The molecule has 134 valence electrons. The number of likely N-dealkylation sites (N-methyl/N-ethyl adjacent to an activating group) is 1. The first-order valence-corrected chi connectivity index (χ1v) is 8.25. The Bertz CT molecular complexity index is 701. The Morgan fingerprint density at radius 2 is 1.96 bits per heavy atom. The van der Waals surface area contributed by atoms with Crippen molar-refractivity contribution in [3.05, 3.63) is 35.4 Å². The maximum atomic E-state index is 12.4. The van der Waals surface area contributed by atoms with E-state index in [9.17, 15) is 14.7 Å². The molecule has 25 heavy (non-hydrogen) atoms. The molecule has 2 fully saturated rings. The molecule has 0 radical (unpaired) electrons. The van der Waals surface area contributed by atoms with E-state index < -0.39 is 24.3 Å². The maximum absolute atomic E-state index is 12.4. The number of amides is 3. The van der Waals surface area contributed by atoms with Crippen LogP contribution in [0.2, 0.25) is 0 Å². The van der Waals surface area contributed by atoms with Crippen molar-refractivity contribution in [3.8, 4) is 0 Å². The number of carbonyl (C=O) groups is 2. The number of carbonyl (C=O) groups excluding carboxylic acids is 2. The Labute approximate surface area is 146 Å². The van der Waals surface area contributed by atoms with Gasteiger partial charge in [0.1, 0.15) is 6.17 Å². The van der Waals surface area contributed by atoms with Crippen LogP contribution < -0.4 is 10.6 Å². The van der Waals surface area contributed by atoms with Gasteiger partial charge in [-0.2, -0.15) is 0 Å². The molecule has 0 saturated carbocycles. The van der Waals surface area contributed by atoms with Crippen molar-refractivity contribution in [2.45, 2.75) is 38.7 Å². The Hall–Kier alpha value is -2.61. The number of aliphatic hydroxyl groups excluding tert-OH is 1. The van der Waals surface area contributed by atoms with E-state index in [1.54, 1.807) is 14.0 Å². The van der Waals surface area contributed by atoms with Gasteiger partial charge < -0.3 is 20.2 Å². The van der Waals surface area contributed by atoms with Crippen LogP contribution in [-0.4, -0.2) is 64.7 Å². The molecule has 3 amide bonds. The van der Waals surface area contributed by atoms with Crippen LogP contribution in [0.15, 0.2) is 29.3 Å². The molecule has 3 unspecified atom stereocenters. The molecule has 2 aliphatic rings. The van der Waals surface area contributed by atoms with Crippen molar-refractivity contribution in [1.29, 1.82) is 0 Å². The van der Waals surface area contributed by atoms with Gasteiger partial charge in [-0.05, 0) is 19.4 Å². The summed E-state index contributed by atoms with van der Waals surface area (Å²) in [5.74, 6) is 0.156. The summed E-state index contributed by atoms with van der Waals surface area (Å²) in [7, 11) is 1.63. The van der Waals surface area contributed by atoms with Gasteiger partial charge in [-0.25, -0.2) is 4.79 Å². The molecular formula is C17H23N5O3. The number of imide groups is 1. The first-order chi connectivity index (χ1) is 11.9. The van der Waals surface area contributed by atoms with E-state index in [0.29, 0.717) is 12.5 Å². The number of aliphatic imine (C=N–C) groups is 1. The second-order valence-corrected chi connectivity index (χ2v) is 6.57. The fraction of sp³-hybridized carbons (Fsp3) is 0.471. The lowest BCUT2D eigenvalue weighted by atomic mass is 10.1. The molecule has 0 spiro atoms. The average molecular weight is 345 g/mol. The predicted octanol–water partition coefficient (Wildman–Crippen LogP) is 0.0133. The number of hydrogen-bond acceptors (Lipinski definition) is 4. The maximum Gasteiger partial charge on any atom is 0.325 e. The van der Waals surface area contributed by atoms with E-state index in [0.717, 1.165) is 11.1 Å². The zero-order valence-electron chi connectivity index (χ0n) is 14.6. The minimum Gasteiger partial charge on any atom is -0.391 e. The Morgan fingerprint density at radius 3 is 2.60 bits per heavy atom. The summed E-state index contributed by atoms with van der Waals surface area (Å²) in [6, 6.07) is 7.02. The number of hydrogen-bond donors (Lipinski definition) is 3. The van der Waals surface area contributed by atoms with Crippen molar-refractivity contribution < 1.29 is 14.7 Å². The first-order valence-electron chi connectivity index (χ1n) is 8.25. The number of benzene rings is 1. The highest BCUT2D eigenvalue weighted by Gasteiger charge is 2.49. The van der Waals surface area contributed by atoms with Crippen LogP contribution in [-0.2, 0) is 11.3 Å². The zero-order chi connectivity index (χ0) is 18.1. The summed E-state index contributed by atoms with van der Waals surface area (Å²) in [6.45, 7) is 4.36. The van der Waals surface area contributed by atoms with Gasteiger partial charge in [0, 0.05) is 13.6 Å². The molecule has 0 bridgehead atoms. The summed E-state index contributed by atoms with van der Waals surface area (Å²) in [5, 5.41) is 15.0. The standard InChI is InChI=1S/C17H23N5O3/c1-10-4-6-12(7-5-10)9-22-13-14(19-16(22)18-8-11(2)23)21(3)17(25)20-15(13)24/h4-7,11,13-14,23H,8-9H2,1-3H3,(H,18,19)(H,20,24,25). The van der Waals surface area contributed by atoms with Gasteiger partial charge in [0.25, 0.3) is 5.91 Å². The summed E-state index contributed by atoms with van der Waals surface area (Å²) >= 11 is 0. The highest BCUT2D eigenvalue weighted by atomic mass is 16.3. The molecule has 1 aromatic carbocycles. The number of guanidine groups is 1. The Balaban J connectivity index is 1.91. The number of aliphatic hydroxyl groups is 1. The van der Waals surface area contributed by atoms with Gasteiger partial charge in [-0.3, -0.25) is 15.1 Å². The number of rotatable bonds is 4. The number of nitrogens with one attached hydrogen (secondary N) is 2. The minimum absolute atomic E-state index is 0.214. The molecule has 3 rings (SSSR count). The molecule has 8 nitrogen and oxygen atoms in total. The molecule has 2 heterocycles. The van der Waals surface area contributed by atoms with E-state index in [1.807, 2.05) is 36.1 Å². The van der Waals surface area contributed by atoms with Crippen LogP contribution in [0.25, 0.3) is 0 Å².